The van der Waals surface area contributed by atoms with Crippen molar-refractivity contribution in [1.29, 1.82) is 0 Å². The molecule has 0 spiro atoms. The van der Waals surface area contributed by atoms with Crippen molar-refractivity contribution in [2.45, 2.75) is 39.0 Å². The molecule has 1 aliphatic heterocycles. The summed E-state index contributed by atoms with van der Waals surface area (Å²) in [6, 6.07) is 8.02. The van der Waals surface area contributed by atoms with Gasteiger partial charge in [-0.1, -0.05) is 18.6 Å². The summed E-state index contributed by atoms with van der Waals surface area (Å²) < 4.78 is 10.8. The number of nitrogens with one attached hydrogen (secondary N) is 1. The van der Waals surface area contributed by atoms with Crippen molar-refractivity contribution < 1.29 is 19.1 Å². The average Bonchev–Trinajstić information content (AvgIpc) is 2.99. The van der Waals surface area contributed by atoms with E-state index in [1.165, 1.54) is 11.3 Å². The number of carbonyl (C=O) groups is 2. The number of esters is 1. The van der Waals surface area contributed by atoms with E-state index in [0.717, 1.165) is 68.9 Å². The van der Waals surface area contributed by atoms with Crippen LogP contribution in [0, 0.1) is 0 Å². The Bertz CT molecular complexity index is 982. The lowest BCUT2D eigenvalue weighted by atomic mass is 10.1. The number of aryl methyl sites for hydroxylation is 1. The van der Waals surface area contributed by atoms with E-state index in [-0.39, 0.29) is 11.9 Å². The highest BCUT2D eigenvalue weighted by Gasteiger charge is 2.27. The van der Waals surface area contributed by atoms with Crippen LogP contribution in [0.4, 0.5) is 10.7 Å². The van der Waals surface area contributed by atoms with Crippen LogP contribution in [-0.2, 0) is 22.4 Å². The van der Waals surface area contributed by atoms with Gasteiger partial charge >= 0.3 is 5.97 Å². The smallest absolute Gasteiger partial charge is 0.341 e. The van der Waals surface area contributed by atoms with E-state index in [1.54, 1.807) is 18.4 Å². The molecular weight excluding hydrogens is 438 g/mol. The largest absolute Gasteiger partial charge is 0.495 e. The molecule has 0 bridgehead atoms. The van der Waals surface area contributed by atoms with Gasteiger partial charge in [0.15, 0.2) is 0 Å². The zero-order valence-corrected chi connectivity index (χ0v) is 20.3. The third kappa shape index (κ3) is 5.50. The molecule has 33 heavy (non-hydrogen) atoms. The first-order valence-corrected chi connectivity index (χ1v) is 12.6. The zero-order valence-electron chi connectivity index (χ0n) is 19.5. The molecule has 0 unspecified atom stereocenters. The van der Waals surface area contributed by atoms with Gasteiger partial charge in [-0.3, -0.25) is 9.69 Å². The van der Waals surface area contributed by atoms with Gasteiger partial charge in [0.25, 0.3) is 0 Å². The lowest BCUT2D eigenvalue weighted by Gasteiger charge is -2.36. The van der Waals surface area contributed by atoms with Gasteiger partial charge in [0.2, 0.25) is 5.91 Å². The molecule has 1 aliphatic carbocycles. The highest BCUT2D eigenvalue weighted by atomic mass is 32.1. The first-order valence-electron chi connectivity index (χ1n) is 11.8. The number of ether oxygens (including phenoxy) is 2. The summed E-state index contributed by atoms with van der Waals surface area (Å²) >= 11 is 1.55. The normalized spacial score (nSPS) is 16.6. The minimum atomic E-state index is -0.322. The zero-order chi connectivity index (χ0) is 23.2. The van der Waals surface area contributed by atoms with Crippen LogP contribution in [0.3, 0.4) is 0 Å². The fourth-order valence-corrected chi connectivity index (χ4v) is 5.95. The minimum absolute atomic E-state index is 0.0808. The SMILES string of the molecule is CCOC(=O)c1c(NC(=O)CN2CCN(c3ccccc3OC)CC2)sc2c1CCCCC2. The van der Waals surface area contributed by atoms with Crippen molar-refractivity contribution in [2.75, 3.05) is 56.7 Å². The summed E-state index contributed by atoms with van der Waals surface area (Å²) in [7, 11) is 1.69. The maximum Gasteiger partial charge on any atom is 0.341 e. The Balaban J connectivity index is 1.39. The Hall–Kier alpha value is -2.58. The maximum atomic E-state index is 12.9. The Kier molecular flexibility index (Phi) is 7.88. The van der Waals surface area contributed by atoms with Crippen LogP contribution in [0.15, 0.2) is 24.3 Å². The molecule has 2 heterocycles. The van der Waals surface area contributed by atoms with Crippen LogP contribution in [0.25, 0.3) is 0 Å². The third-order valence-corrected chi connectivity index (χ3v) is 7.53. The number of fused-ring (bicyclic) bond motifs is 1. The molecule has 1 saturated heterocycles. The highest BCUT2D eigenvalue weighted by molar-refractivity contribution is 7.17. The van der Waals surface area contributed by atoms with Gasteiger partial charge in [-0.2, -0.15) is 0 Å². The predicted octanol–water partition coefficient (Wildman–Crippen LogP) is 3.96. The van der Waals surface area contributed by atoms with Gasteiger partial charge in [-0.05, 0) is 50.3 Å². The second-order valence-corrected chi connectivity index (χ2v) is 9.58. The van der Waals surface area contributed by atoms with E-state index in [1.807, 2.05) is 25.1 Å². The molecule has 2 aromatic rings. The number of amides is 1. The Morgan fingerprint density at radius 3 is 2.58 bits per heavy atom. The van der Waals surface area contributed by atoms with Gasteiger partial charge in [0.1, 0.15) is 10.8 Å². The number of anilines is 2. The van der Waals surface area contributed by atoms with Crippen molar-refractivity contribution >= 4 is 33.9 Å². The molecule has 7 nitrogen and oxygen atoms in total. The number of hydrogen-bond acceptors (Lipinski definition) is 7. The summed E-state index contributed by atoms with van der Waals surface area (Å²) in [5, 5.41) is 3.69. The molecule has 178 valence electrons. The summed E-state index contributed by atoms with van der Waals surface area (Å²) in [4.78, 5) is 31.3. The van der Waals surface area contributed by atoms with E-state index in [4.69, 9.17) is 9.47 Å². The predicted molar refractivity (Wildman–Crippen MR) is 132 cm³/mol. The monoisotopic (exact) mass is 471 g/mol. The summed E-state index contributed by atoms with van der Waals surface area (Å²) in [5.74, 6) is 0.466. The van der Waals surface area contributed by atoms with Crippen LogP contribution in [0.5, 0.6) is 5.75 Å². The molecule has 1 aromatic heterocycles. The standard InChI is InChI=1S/C25H33N3O4S/c1-3-32-25(30)23-18-9-5-4-6-12-21(18)33-24(23)26-22(29)17-27-13-15-28(16-14-27)19-10-7-8-11-20(19)31-2/h7-8,10-11H,3-6,9,12-17H2,1-2H3,(H,26,29). The first kappa shape index (κ1) is 23.6. The number of methoxy groups -OCH3 is 1. The maximum absolute atomic E-state index is 12.9. The summed E-state index contributed by atoms with van der Waals surface area (Å²) in [6.45, 7) is 5.68. The molecular formula is C25H33N3O4S. The molecule has 2 aliphatic rings. The second kappa shape index (κ2) is 11.0. The lowest BCUT2D eigenvalue weighted by Crippen LogP contribution is -2.48. The molecule has 0 saturated carbocycles. The third-order valence-electron chi connectivity index (χ3n) is 6.32. The van der Waals surface area contributed by atoms with Crippen molar-refractivity contribution in [3.8, 4) is 5.75 Å². The minimum Gasteiger partial charge on any atom is -0.495 e. The van der Waals surface area contributed by atoms with Gasteiger partial charge < -0.3 is 19.7 Å². The number of nitrogens with zero attached hydrogens (tertiary/aromatic N) is 2. The fraction of sp³-hybridized carbons (Fsp3) is 0.520. The summed E-state index contributed by atoms with van der Waals surface area (Å²) in [5.41, 5.74) is 2.74. The molecule has 8 heteroatoms. The van der Waals surface area contributed by atoms with Crippen molar-refractivity contribution in [1.82, 2.24) is 4.90 Å². The molecule has 1 aromatic carbocycles. The number of thiophene rings is 1. The van der Waals surface area contributed by atoms with Crippen molar-refractivity contribution in [2.24, 2.45) is 0 Å². The van der Waals surface area contributed by atoms with Gasteiger partial charge in [-0.15, -0.1) is 11.3 Å². The van der Waals surface area contributed by atoms with Gasteiger partial charge in [0.05, 0.1) is 31.5 Å². The molecule has 0 atom stereocenters. The summed E-state index contributed by atoms with van der Waals surface area (Å²) in [6.07, 6.45) is 5.21. The molecule has 0 radical (unpaired) electrons. The number of piperazine rings is 1. The topological polar surface area (TPSA) is 71.1 Å². The van der Waals surface area contributed by atoms with E-state index in [9.17, 15) is 9.59 Å². The molecule has 1 amide bonds. The average molecular weight is 472 g/mol. The Morgan fingerprint density at radius 1 is 1.06 bits per heavy atom. The van der Waals surface area contributed by atoms with Crippen LogP contribution >= 0.6 is 11.3 Å². The number of hydrogen-bond donors (Lipinski definition) is 1. The molecule has 1 fully saturated rings. The Morgan fingerprint density at radius 2 is 1.82 bits per heavy atom. The van der Waals surface area contributed by atoms with Gasteiger partial charge in [0, 0.05) is 31.1 Å². The van der Waals surface area contributed by atoms with Crippen LogP contribution in [0.1, 0.15) is 47.0 Å². The number of rotatable bonds is 7. The van der Waals surface area contributed by atoms with E-state index >= 15 is 0 Å². The number of para-hydroxylation sites is 2. The van der Waals surface area contributed by atoms with E-state index in [2.05, 4.69) is 21.2 Å². The van der Waals surface area contributed by atoms with E-state index in [0.29, 0.717) is 23.7 Å². The van der Waals surface area contributed by atoms with Crippen molar-refractivity contribution in [3.05, 3.63) is 40.3 Å². The molecule has 1 N–H and O–H groups in total. The second-order valence-electron chi connectivity index (χ2n) is 8.47. The Labute approximate surface area is 199 Å². The van der Waals surface area contributed by atoms with Crippen LogP contribution in [0.2, 0.25) is 0 Å². The fourth-order valence-electron chi connectivity index (χ4n) is 4.66. The van der Waals surface area contributed by atoms with Gasteiger partial charge in [-0.25, -0.2) is 4.79 Å². The number of benzene rings is 1. The highest BCUT2D eigenvalue weighted by Crippen LogP contribution is 2.38. The quantitative estimate of drug-likeness (QED) is 0.487. The van der Waals surface area contributed by atoms with E-state index < -0.39 is 0 Å². The number of carbonyl (C=O) groups excluding carboxylic acids is 2. The van der Waals surface area contributed by atoms with Crippen LogP contribution in [-0.4, -0.2) is 63.2 Å². The lowest BCUT2D eigenvalue weighted by molar-refractivity contribution is -0.117. The van der Waals surface area contributed by atoms with Crippen molar-refractivity contribution in [3.63, 3.8) is 0 Å². The first-order chi connectivity index (χ1) is 16.1. The molecule has 4 rings (SSSR count). The van der Waals surface area contributed by atoms with Crippen LogP contribution < -0.4 is 15.0 Å².